The highest BCUT2D eigenvalue weighted by atomic mass is 32.1. The van der Waals surface area contributed by atoms with Crippen molar-refractivity contribution in [1.82, 2.24) is 9.97 Å². The van der Waals surface area contributed by atoms with Crippen molar-refractivity contribution in [3.63, 3.8) is 0 Å². The van der Waals surface area contributed by atoms with Gasteiger partial charge < -0.3 is 15.2 Å². The van der Waals surface area contributed by atoms with E-state index in [1.807, 2.05) is 30.3 Å². The molecule has 0 saturated carbocycles. The molecule has 0 amide bonds. The van der Waals surface area contributed by atoms with Crippen LogP contribution in [0.5, 0.6) is 11.5 Å². The summed E-state index contributed by atoms with van der Waals surface area (Å²) >= 11 is 5.06. The average Bonchev–Trinajstić information content (AvgIpc) is 2.52. The normalized spacial score (nSPS) is 10.6. The zero-order valence-corrected chi connectivity index (χ0v) is 12.9. The number of H-pyrrole nitrogens is 2. The van der Waals surface area contributed by atoms with E-state index in [4.69, 9.17) is 12.2 Å². The molecule has 0 spiro atoms. The van der Waals surface area contributed by atoms with Crippen LogP contribution in [0.1, 0.15) is 11.1 Å². The molecule has 23 heavy (non-hydrogen) atoms. The summed E-state index contributed by atoms with van der Waals surface area (Å²) in [6.07, 6.45) is 0.206. The van der Waals surface area contributed by atoms with Crippen LogP contribution in [0.15, 0.2) is 53.3 Å². The molecule has 6 heteroatoms. The van der Waals surface area contributed by atoms with Crippen molar-refractivity contribution in [1.29, 1.82) is 0 Å². The maximum atomic E-state index is 12.3. The molecule has 0 saturated heterocycles. The third-order valence-corrected chi connectivity index (χ3v) is 3.74. The van der Waals surface area contributed by atoms with Crippen LogP contribution in [-0.2, 0) is 6.42 Å². The van der Waals surface area contributed by atoms with Gasteiger partial charge in [0.05, 0.1) is 5.69 Å². The molecule has 0 radical (unpaired) electrons. The number of aromatic hydroxyl groups is 2. The highest BCUT2D eigenvalue weighted by molar-refractivity contribution is 7.71. The molecule has 0 fully saturated rings. The number of phenols is 2. The summed E-state index contributed by atoms with van der Waals surface area (Å²) in [5.41, 5.74) is 2.15. The number of aromatic nitrogens is 2. The fourth-order valence-corrected chi connectivity index (χ4v) is 2.62. The topological polar surface area (TPSA) is 89.1 Å². The summed E-state index contributed by atoms with van der Waals surface area (Å²) in [6, 6.07) is 13.7. The molecule has 3 aromatic rings. The maximum Gasteiger partial charge on any atom is 0.255 e. The summed E-state index contributed by atoms with van der Waals surface area (Å²) in [6.45, 7) is 0. The molecule has 4 N–H and O–H groups in total. The summed E-state index contributed by atoms with van der Waals surface area (Å²) in [5, 5.41) is 19.3. The van der Waals surface area contributed by atoms with Crippen LogP contribution in [-0.4, -0.2) is 20.2 Å². The van der Waals surface area contributed by atoms with E-state index < -0.39 is 0 Å². The highest BCUT2D eigenvalue weighted by Crippen LogP contribution is 2.27. The van der Waals surface area contributed by atoms with Gasteiger partial charge in [0.1, 0.15) is 11.5 Å². The Labute approximate surface area is 136 Å². The highest BCUT2D eigenvalue weighted by Gasteiger charge is 2.13. The van der Waals surface area contributed by atoms with Gasteiger partial charge in [0.25, 0.3) is 5.56 Å². The van der Waals surface area contributed by atoms with E-state index in [0.717, 1.165) is 5.56 Å². The second-order valence-electron chi connectivity index (χ2n) is 5.12. The van der Waals surface area contributed by atoms with Crippen molar-refractivity contribution >= 4 is 12.2 Å². The molecule has 0 atom stereocenters. The number of nitrogens with one attached hydrogen (secondary N) is 2. The van der Waals surface area contributed by atoms with Crippen molar-refractivity contribution < 1.29 is 10.2 Å². The van der Waals surface area contributed by atoms with Crippen LogP contribution < -0.4 is 5.56 Å². The fraction of sp³-hybridized carbons (Fsp3) is 0.0588. The van der Waals surface area contributed by atoms with Crippen LogP contribution in [0.3, 0.4) is 0 Å². The van der Waals surface area contributed by atoms with Gasteiger partial charge in [0.2, 0.25) is 0 Å². The van der Waals surface area contributed by atoms with Gasteiger partial charge in [-0.25, -0.2) is 0 Å². The number of hydrogen-bond acceptors (Lipinski definition) is 4. The first kappa shape index (κ1) is 15.1. The third-order valence-electron chi connectivity index (χ3n) is 3.54. The molecule has 1 aromatic heterocycles. The predicted molar refractivity (Wildman–Crippen MR) is 90.3 cm³/mol. The van der Waals surface area contributed by atoms with E-state index in [2.05, 4.69) is 9.97 Å². The Kier molecular flexibility index (Phi) is 3.99. The lowest BCUT2D eigenvalue weighted by Crippen LogP contribution is -2.16. The van der Waals surface area contributed by atoms with E-state index in [1.165, 1.54) is 12.1 Å². The molecule has 0 aliphatic heterocycles. The molecule has 116 valence electrons. The second-order valence-corrected chi connectivity index (χ2v) is 5.53. The van der Waals surface area contributed by atoms with E-state index in [1.54, 1.807) is 6.07 Å². The fourth-order valence-electron chi connectivity index (χ4n) is 2.42. The van der Waals surface area contributed by atoms with Crippen molar-refractivity contribution in [2.75, 3.05) is 0 Å². The SMILES string of the molecule is O=c1[nH]c(=S)[nH]c(-c2ccccc2)c1Cc1ccc(O)cc1O. The molecule has 0 bridgehead atoms. The number of phenolic OH excluding ortho intramolecular Hbond substituents is 2. The van der Waals surface area contributed by atoms with Gasteiger partial charge >= 0.3 is 0 Å². The number of aromatic amines is 2. The Balaban J connectivity index is 2.15. The molecular formula is C17H14N2O3S. The van der Waals surface area contributed by atoms with Gasteiger partial charge in [0, 0.05) is 18.1 Å². The first-order chi connectivity index (χ1) is 11.0. The van der Waals surface area contributed by atoms with Gasteiger partial charge in [-0.1, -0.05) is 36.4 Å². The Bertz CT molecular complexity index is 962. The lowest BCUT2D eigenvalue weighted by molar-refractivity contribution is 0.447. The van der Waals surface area contributed by atoms with Crippen molar-refractivity contribution in [3.05, 3.63) is 74.8 Å². The van der Waals surface area contributed by atoms with E-state index in [9.17, 15) is 15.0 Å². The molecule has 1 heterocycles. The van der Waals surface area contributed by atoms with Crippen molar-refractivity contribution in [3.8, 4) is 22.8 Å². The summed E-state index contributed by atoms with van der Waals surface area (Å²) < 4.78 is 0.243. The first-order valence-corrected chi connectivity index (χ1v) is 7.37. The molecular weight excluding hydrogens is 312 g/mol. The Morgan fingerprint density at radius 1 is 1.00 bits per heavy atom. The molecule has 3 rings (SSSR count). The smallest absolute Gasteiger partial charge is 0.255 e. The number of rotatable bonds is 3. The molecule has 0 aliphatic carbocycles. The molecule has 0 unspecified atom stereocenters. The largest absolute Gasteiger partial charge is 0.508 e. The molecule has 2 aromatic carbocycles. The van der Waals surface area contributed by atoms with Crippen LogP contribution in [0.2, 0.25) is 0 Å². The monoisotopic (exact) mass is 326 g/mol. The standard InChI is InChI=1S/C17H14N2O3S/c20-12-7-6-11(14(21)9-12)8-13-15(10-4-2-1-3-5-10)18-17(23)19-16(13)22/h1-7,9,20-21H,8H2,(H2,18,19,22,23). The van der Waals surface area contributed by atoms with E-state index >= 15 is 0 Å². The summed E-state index contributed by atoms with van der Waals surface area (Å²) in [4.78, 5) is 17.9. The number of hydrogen-bond donors (Lipinski definition) is 4. The van der Waals surface area contributed by atoms with Gasteiger partial charge in [-0.3, -0.25) is 9.78 Å². The van der Waals surface area contributed by atoms with Crippen LogP contribution in [0, 0.1) is 4.77 Å². The Morgan fingerprint density at radius 3 is 2.43 bits per heavy atom. The first-order valence-electron chi connectivity index (χ1n) is 6.96. The lowest BCUT2D eigenvalue weighted by atomic mass is 10.00. The quantitative estimate of drug-likeness (QED) is 0.557. The molecule has 0 aliphatic rings. The van der Waals surface area contributed by atoms with Gasteiger partial charge in [-0.05, 0) is 29.4 Å². The minimum Gasteiger partial charge on any atom is -0.508 e. The van der Waals surface area contributed by atoms with Gasteiger partial charge in [0.15, 0.2) is 4.77 Å². The van der Waals surface area contributed by atoms with Crippen LogP contribution in [0.4, 0.5) is 0 Å². The summed E-state index contributed by atoms with van der Waals surface area (Å²) in [7, 11) is 0. The average molecular weight is 326 g/mol. The summed E-state index contributed by atoms with van der Waals surface area (Å²) in [5.74, 6) is -0.0956. The van der Waals surface area contributed by atoms with Crippen LogP contribution in [0.25, 0.3) is 11.3 Å². The number of benzene rings is 2. The second kappa shape index (κ2) is 6.10. The van der Waals surface area contributed by atoms with Crippen molar-refractivity contribution in [2.24, 2.45) is 0 Å². The lowest BCUT2D eigenvalue weighted by Gasteiger charge is -2.10. The maximum absolute atomic E-state index is 12.3. The van der Waals surface area contributed by atoms with E-state index in [0.29, 0.717) is 16.8 Å². The zero-order valence-electron chi connectivity index (χ0n) is 12.0. The predicted octanol–water partition coefficient (Wildman–Crippen LogP) is 3.10. The third kappa shape index (κ3) is 3.17. The van der Waals surface area contributed by atoms with Gasteiger partial charge in [-0.2, -0.15) is 0 Å². The van der Waals surface area contributed by atoms with Gasteiger partial charge in [-0.15, -0.1) is 0 Å². The minimum atomic E-state index is -0.305. The van der Waals surface area contributed by atoms with Crippen LogP contribution >= 0.6 is 12.2 Å². The van der Waals surface area contributed by atoms with Crippen molar-refractivity contribution in [2.45, 2.75) is 6.42 Å². The molecule has 5 nitrogen and oxygen atoms in total. The van der Waals surface area contributed by atoms with E-state index in [-0.39, 0.29) is 28.3 Å². The zero-order chi connectivity index (χ0) is 16.4. The minimum absolute atomic E-state index is 0.0316. The Hall–Kier alpha value is -2.86. The Morgan fingerprint density at radius 2 is 1.74 bits per heavy atom.